The summed E-state index contributed by atoms with van der Waals surface area (Å²) in [4.78, 5) is 0. The van der Waals surface area contributed by atoms with Gasteiger partial charge in [-0.3, -0.25) is 4.72 Å². The molecule has 0 aliphatic heterocycles. The van der Waals surface area contributed by atoms with Crippen LogP contribution in [0.1, 0.15) is 24.2 Å². The van der Waals surface area contributed by atoms with Crippen molar-refractivity contribution in [1.29, 1.82) is 0 Å². The predicted molar refractivity (Wildman–Crippen MR) is 105 cm³/mol. The lowest BCUT2D eigenvalue weighted by Crippen LogP contribution is -2.11. The maximum Gasteiger partial charge on any atom is 0.271 e. The molecule has 0 saturated carbocycles. The molecule has 0 saturated heterocycles. The van der Waals surface area contributed by atoms with Crippen molar-refractivity contribution in [2.24, 2.45) is 0 Å². The normalized spacial score (nSPS) is 14.6. The molecule has 2 aromatic heterocycles. The first-order chi connectivity index (χ1) is 12.6. The zero-order valence-electron chi connectivity index (χ0n) is 14.0. The largest absolute Gasteiger partial charge is 0.460 e. The second-order valence-corrected chi connectivity index (χ2v) is 9.45. The third-order valence-corrected chi connectivity index (χ3v) is 7.73. The Morgan fingerprint density at radius 2 is 1.77 bits per heavy atom. The molecule has 1 aliphatic rings. The van der Waals surface area contributed by atoms with Crippen LogP contribution >= 0.6 is 11.3 Å². The Morgan fingerprint density at radius 1 is 0.962 bits per heavy atom. The van der Waals surface area contributed by atoms with Gasteiger partial charge in [-0.15, -0.1) is 11.3 Å². The van der Waals surface area contributed by atoms with Gasteiger partial charge in [-0.1, -0.05) is 30.3 Å². The number of nitrogens with one attached hydrogen (secondary N) is 1. The SMILES string of the molecule is O=S(=O)(Nc1cc2c3c(oc2c2ccccc12)CCCC3)c1cccs1. The van der Waals surface area contributed by atoms with Crippen LogP contribution in [0.15, 0.2) is 56.5 Å². The van der Waals surface area contributed by atoms with E-state index in [4.69, 9.17) is 4.42 Å². The molecule has 132 valence electrons. The lowest BCUT2D eigenvalue weighted by atomic mass is 9.94. The minimum Gasteiger partial charge on any atom is -0.460 e. The third-order valence-electron chi connectivity index (χ3n) is 4.97. The first kappa shape index (κ1) is 15.9. The summed E-state index contributed by atoms with van der Waals surface area (Å²) in [6.07, 6.45) is 4.22. The van der Waals surface area contributed by atoms with Gasteiger partial charge in [0.25, 0.3) is 10.0 Å². The molecule has 4 nitrogen and oxygen atoms in total. The van der Waals surface area contributed by atoms with E-state index in [-0.39, 0.29) is 0 Å². The summed E-state index contributed by atoms with van der Waals surface area (Å²) < 4.78 is 34.8. The summed E-state index contributed by atoms with van der Waals surface area (Å²) in [5.74, 6) is 1.05. The van der Waals surface area contributed by atoms with Gasteiger partial charge in [0.05, 0.1) is 5.69 Å². The van der Waals surface area contributed by atoms with Crippen molar-refractivity contribution in [3.05, 3.63) is 59.2 Å². The molecule has 0 atom stereocenters. The number of furan rings is 1. The molecule has 0 bridgehead atoms. The summed E-state index contributed by atoms with van der Waals surface area (Å²) in [6.45, 7) is 0. The average molecular weight is 383 g/mol. The van der Waals surface area contributed by atoms with E-state index in [1.54, 1.807) is 17.5 Å². The smallest absolute Gasteiger partial charge is 0.271 e. The van der Waals surface area contributed by atoms with Crippen molar-refractivity contribution in [3.63, 3.8) is 0 Å². The third kappa shape index (κ3) is 2.44. The second-order valence-electron chi connectivity index (χ2n) is 6.59. The van der Waals surface area contributed by atoms with E-state index in [1.165, 1.54) is 16.9 Å². The fraction of sp³-hybridized carbons (Fsp3) is 0.200. The minimum atomic E-state index is -3.60. The van der Waals surface area contributed by atoms with Gasteiger partial charge >= 0.3 is 0 Å². The molecule has 6 heteroatoms. The number of hydrogen-bond acceptors (Lipinski definition) is 4. The van der Waals surface area contributed by atoms with Crippen molar-refractivity contribution in [2.75, 3.05) is 4.72 Å². The van der Waals surface area contributed by atoms with Crippen molar-refractivity contribution < 1.29 is 12.8 Å². The van der Waals surface area contributed by atoms with E-state index < -0.39 is 10.0 Å². The van der Waals surface area contributed by atoms with Crippen LogP contribution in [-0.4, -0.2) is 8.42 Å². The molecule has 4 aromatic rings. The second kappa shape index (κ2) is 5.86. The van der Waals surface area contributed by atoms with Crippen LogP contribution in [0.4, 0.5) is 5.69 Å². The van der Waals surface area contributed by atoms with Gasteiger partial charge in [-0.2, -0.15) is 0 Å². The van der Waals surface area contributed by atoms with Crippen LogP contribution in [-0.2, 0) is 22.9 Å². The summed E-state index contributed by atoms with van der Waals surface area (Å²) in [7, 11) is -3.60. The highest BCUT2D eigenvalue weighted by molar-refractivity contribution is 7.94. The Balaban J connectivity index is 1.76. The molecule has 0 spiro atoms. The number of benzene rings is 2. The quantitative estimate of drug-likeness (QED) is 0.520. The minimum absolute atomic E-state index is 0.316. The van der Waals surface area contributed by atoms with E-state index in [1.807, 2.05) is 30.3 Å². The fourth-order valence-electron chi connectivity index (χ4n) is 3.78. The van der Waals surface area contributed by atoms with E-state index in [9.17, 15) is 8.42 Å². The molecule has 0 amide bonds. The first-order valence-electron chi connectivity index (χ1n) is 8.66. The van der Waals surface area contributed by atoms with Crippen molar-refractivity contribution in [3.8, 4) is 0 Å². The molecular formula is C20H17NO3S2. The van der Waals surface area contributed by atoms with Gasteiger partial charge in [0.1, 0.15) is 15.6 Å². The molecule has 0 fully saturated rings. The van der Waals surface area contributed by atoms with Crippen LogP contribution in [0.5, 0.6) is 0 Å². The molecular weight excluding hydrogens is 366 g/mol. The van der Waals surface area contributed by atoms with Gasteiger partial charge in [0.2, 0.25) is 0 Å². The lowest BCUT2D eigenvalue weighted by molar-refractivity contribution is 0.507. The van der Waals surface area contributed by atoms with E-state index in [0.717, 1.165) is 53.2 Å². The molecule has 1 N–H and O–H groups in total. The number of sulfonamides is 1. The molecule has 26 heavy (non-hydrogen) atoms. The number of thiophene rings is 1. The fourth-order valence-corrected chi connectivity index (χ4v) is 5.84. The Kier molecular flexibility index (Phi) is 3.58. The predicted octanol–water partition coefficient (Wildman–Crippen LogP) is 5.33. The topological polar surface area (TPSA) is 59.3 Å². The number of fused-ring (bicyclic) bond motifs is 5. The molecule has 1 aliphatic carbocycles. The highest BCUT2D eigenvalue weighted by Crippen LogP contribution is 2.39. The highest BCUT2D eigenvalue weighted by Gasteiger charge is 2.22. The number of anilines is 1. The van der Waals surface area contributed by atoms with Crippen molar-refractivity contribution in [1.82, 2.24) is 0 Å². The number of aryl methyl sites for hydroxylation is 2. The zero-order chi connectivity index (χ0) is 17.7. The van der Waals surface area contributed by atoms with Crippen LogP contribution in [0.3, 0.4) is 0 Å². The summed E-state index contributed by atoms with van der Waals surface area (Å²) in [6, 6.07) is 13.1. The Bertz CT molecular complexity index is 1220. The molecule has 5 rings (SSSR count). The van der Waals surface area contributed by atoms with Crippen molar-refractivity contribution >= 4 is 48.8 Å². The molecule has 0 radical (unpaired) electrons. The van der Waals surface area contributed by atoms with Gasteiger partial charge < -0.3 is 4.42 Å². The maximum atomic E-state index is 12.7. The maximum absolute atomic E-state index is 12.7. The van der Waals surface area contributed by atoms with Gasteiger partial charge in [-0.05, 0) is 36.8 Å². The van der Waals surface area contributed by atoms with Crippen LogP contribution in [0.25, 0.3) is 21.7 Å². The van der Waals surface area contributed by atoms with E-state index >= 15 is 0 Å². The highest BCUT2D eigenvalue weighted by atomic mass is 32.2. The zero-order valence-corrected chi connectivity index (χ0v) is 15.6. The lowest BCUT2D eigenvalue weighted by Gasteiger charge is -2.11. The monoisotopic (exact) mass is 383 g/mol. The van der Waals surface area contributed by atoms with Crippen LogP contribution in [0.2, 0.25) is 0 Å². The first-order valence-corrected chi connectivity index (χ1v) is 11.0. The summed E-state index contributed by atoms with van der Waals surface area (Å²) >= 11 is 1.21. The van der Waals surface area contributed by atoms with Gasteiger partial charge in [0, 0.05) is 28.1 Å². The van der Waals surface area contributed by atoms with Crippen molar-refractivity contribution in [2.45, 2.75) is 29.9 Å². The molecule has 2 heterocycles. The summed E-state index contributed by atoms with van der Waals surface area (Å²) in [5.41, 5.74) is 2.70. The Morgan fingerprint density at radius 3 is 2.58 bits per heavy atom. The molecule has 0 unspecified atom stereocenters. The van der Waals surface area contributed by atoms with Crippen LogP contribution in [0, 0.1) is 0 Å². The standard InChI is InChI=1S/C20H17NO3S2/c22-26(23,19-10-5-11-25-19)21-17-12-16-14-7-3-4-9-18(14)24-20(16)15-8-2-1-6-13(15)17/h1-2,5-6,8,10-12,21H,3-4,7,9H2. The van der Waals surface area contributed by atoms with Gasteiger partial charge in [0.15, 0.2) is 0 Å². The van der Waals surface area contributed by atoms with E-state index in [2.05, 4.69) is 4.72 Å². The van der Waals surface area contributed by atoms with Crippen LogP contribution < -0.4 is 4.72 Å². The number of rotatable bonds is 3. The van der Waals surface area contributed by atoms with E-state index in [0.29, 0.717) is 9.90 Å². The molecule has 2 aromatic carbocycles. The van der Waals surface area contributed by atoms with Gasteiger partial charge in [-0.25, -0.2) is 8.42 Å². The Hall–Kier alpha value is -2.31. The average Bonchev–Trinajstić information content (AvgIpc) is 3.30. The number of hydrogen-bond donors (Lipinski definition) is 1. The summed E-state index contributed by atoms with van der Waals surface area (Å²) in [5, 5.41) is 4.60. The Labute approximate surface area is 155 Å².